The molecule has 1 heterocycles. The molecule has 5 heteroatoms. The van der Waals surface area contributed by atoms with Crippen molar-refractivity contribution >= 4 is 0 Å². The second kappa shape index (κ2) is 3.46. The van der Waals surface area contributed by atoms with E-state index in [4.69, 9.17) is 25.2 Å². The van der Waals surface area contributed by atoms with Gasteiger partial charge in [0.25, 0.3) is 0 Å². The van der Waals surface area contributed by atoms with Gasteiger partial charge in [0.15, 0.2) is 0 Å². The van der Waals surface area contributed by atoms with E-state index in [1.54, 1.807) is 0 Å². The monoisotopic (exact) mass is 164 g/mol. The molecule has 0 bridgehead atoms. The van der Waals surface area contributed by atoms with Crippen LogP contribution in [0.25, 0.3) is 0 Å². The largest absolute Gasteiger partial charge is 0.394 e. The van der Waals surface area contributed by atoms with Crippen LogP contribution in [-0.4, -0.2) is 58.1 Å². The molecule has 0 aromatic carbocycles. The van der Waals surface area contributed by atoms with Gasteiger partial charge >= 0.3 is 0 Å². The molecule has 0 saturated carbocycles. The van der Waals surface area contributed by atoms with Gasteiger partial charge in [-0.25, -0.2) is 0 Å². The number of aliphatic hydroxyl groups excluding tert-OH is 4. The van der Waals surface area contributed by atoms with Gasteiger partial charge in [0.2, 0.25) is 0 Å². The molecule has 1 rings (SSSR count). The van der Waals surface area contributed by atoms with Crippen molar-refractivity contribution in [3.63, 3.8) is 0 Å². The molecule has 4 N–H and O–H groups in total. The van der Waals surface area contributed by atoms with E-state index in [2.05, 4.69) is 0 Å². The first-order chi connectivity index (χ1) is 5.16. The van der Waals surface area contributed by atoms with Crippen LogP contribution in [-0.2, 0) is 4.74 Å². The van der Waals surface area contributed by atoms with E-state index in [1.165, 1.54) is 0 Å². The van der Waals surface area contributed by atoms with Crippen molar-refractivity contribution in [3.05, 3.63) is 0 Å². The maximum absolute atomic E-state index is 9.11. The normalized spacial score (nSPS) is 45.8. The van der Waals surface area contributed by atoms with Gasteiger partial charge in [-0.1, -0.05) is 0 Å². The lowest BCUT2D eigenvalue weighted by molar-refractivity contribution is -0.195. The Balaban J connectivity index is 2.52. The molecule has 1 aliphatic heterocycles. The number of aliphatic hydroxyl groups is 4. The van der Waals surface area contributed by atoms with Gasteiger partial charge in [0, 0.05) is 0 Å². The Bertz CT molecular complexity index is 126. The van der Waals surface area contributed by atoms with Crippen molar-refractivity contribution < 1.29 is 25.2 Å². The maximum Gasteiger partial charge on any atom is 0.111 e. The highest BCUT2D eigenvalue weighted by molar-refractivity contribution is 4.85. The molecule has 66 valence electrons. The van der Waals surface area contributed by atoms with Gasteiger partial charge < -0.3 is 25.2 Å². The van der Waals surface area contributed by atoms with Crippen LogP contribution in [0.3, 0.4) is 0 Å². The minimum atomic E-state index is -1.22. The van der Waals surface area contributed by atoms with Crippen molar-refractivity contribution in [2.75, 3.05) is 13.2 Å². The molecule has 0 aromatic heterocycles. The summed E-state index contributed by atoms with van der Waals surface area (Å²) in [4.78, 5) is 0. The molecule has 0 unspecified atom stereocenters. The smallest absolute Gasteiger partial charge is 0.111 e. The topological polar surface area (TPSA) is 90.2 Å². The summed E-state index contributed by atoms with van der Waals surface area (Å²) in [6, 6.07) is 0. The van der Waals surface area contributed by atoms with Crippen LogP contribution in [0, 0.1) is 0 Å². The minimum absolute atomic E-state index is 0.0521. The number of hydrogen-bond donors (Lipinski definition) is 4. The Kier molecular flexibility index (Phi) is 2.80. The Morgan fingerprint density at radius 2 is 1.82 bits per heavy atom. The summed E-state index contributed by atoms with van der Waals surface area (Å²) in [5.41, 5.74) is 0. The molecule has 0 aliphatic carbocycles. The van der Waals surface area contributed by atoms with Crippen molar-refractivity contribution in [3.8, 4) is 0 Å². The average Bonchev–Trinajstić information content (AvgIpc) is 2.01. The van der Waals surface area contributed by atoms with E-state index in [9.17, 15) is 0 Å². The Hall–Kier alpha value is -0.200. The molecule has 5 nitrogen and oxygen atoms in total. The Morgan fingerprint density at radius 1 is 1.18 bits per heavy atom. The molecule has 1 saturated heterocycles. The minimum Gasteiger partial charge on any atom is -0.394 e. The van der Waals surface area contributed by atoms with E-state index in [-0.39, 0.29) is 13.2 Å². The Morgan fingerprint density at radius 3 is 2.36 bits per heavy atom. The van der Waals surface area contributed by atoms with E-state index in [1.807, 2.05) is 0 Å². The van der Waals surface area contributed by atoms with Crippen LogP contribution in [0.5, 0.6) is 0 Å². The van der Waals surface area contributed by atoms with Crippen molar-refractivity contribution in [2.24, 2.45) is 0 Å². The molecule has 0 radical (unpaired) electrons. The third-order valence-corrected chi connectivity index (χ3v) is 1.79. The van der Waals surface area contributed by atoms with Gasteiger partial charge in [-0.15, -0.1) is 0 Å². The molecular weight excluding hydrogens is 152 g/mol. The second-order valence-corrected chi connectivity index (χ2v) is 2.60. The molecular formula is C6H12O5. The van der Waals surface area contributed by atoms with Gasteiger partial charge in [-0.2, -0.15) is 0 Å². The average molecular weight is 164 g/mol. The molecule has 11 heavy (non-hydrogen) atoms. The molecule has 1 aliphatic rings. The first-order valence-corrected chi connectivity index (χ1v) is 3.43. The molecule has 1 fully saturated rings. The molecule has 0 amide bonds. The lowest BCUT2D eigenvalue weighted by Gasteiger charge is -2.34. The summed E-state index contributed by atoms with van der Waals surface area (Å²) >= 11 is 0. The third-order valence-electron chi connectivity index (χ3n) is 1.79. The fourth-order valence-corrected chi connectivity index (χ4v) is 1.03. The SMILES string of the molecule is OC[C@@H]1OC[C@@H](O)[C@H](O)[C@@H]1O. The van der Waals surface area contributed by atoms with Crippen LogP contribution in [0.4, 0.5) is 0 Å². The quantitative estimate of drug-likeness (QED) is 0.343. The molecule has 4 atom stereocenters. The number of rotatable bonds is 1. The van der Waals surface area contributed by atoms with E-state index in [0.29, 0.717) is 0 Å². The first kappa shape index (κ1) is 8.89. The van der Waals surface area contributed by atoms with Crippen LogP contribution in [0.2, 0.25) is 0 Å². The number of hydrogen-bond acceptors (Lipinski definition) is 5. The summed E-state index contributed by atoms with van der Waals surface area (Å²) in [5.74, 6) is 0. The zero-order valence-electron chi connectivity index (χ0n) is 5.92. The number of ether oxygens (including phenoxy) is 1. The standard InChI is InChI=1S/C6H12O5/c7-1-4-6(10)5(9)3(8)2-11-4/h3-10H,1-2H2/t3-,4+,5+,6-/m1/s1. The third kappa shape index (κ3) is 1.69. The summed E-state index contributed by atoms with van der Waals surface area (Å²) < 4.78 is 4.81. The van der Waals surface area contributed by atoms with E-state index < -0.39 is 24.4 Å². The summed E-state index contributed by atoms with van der Waals surface area (Å²) in [6.07, 6.45) is -4.27. The highest BCUT2D eigenvalue weighted by Gasteiger charge is 2.36. The fraction of sp³-hybridized carbons (Fsp3) is 1.00. The predicted molar refractivity (Wildman–Crippen MR) is 34.8 cm³/mol. The second-order valence-electron chi connectivity index (χ2n) is 2.60. The summed E-state index contributed by atoms with van der Waals surface area (Å²) in [7, 11) is 0. The van der Waals surface area contributed by atoms with Crippen LogP contribution in [0.1, 0.15) is 0 Å². The zero-order valence-corrected chi connectivity index (χ0v) is 5.92. The lowest BCUT2D eigenvalue weighted by Crippen LogP contribution is -2.53. The van der Waals surface area contributed by atoms with Crippen LogP contribution < -0.4 is 0 Å². The molecule has 0 aromatic rings. The van der Waals surface area contributed by atoms with Crippen molar-refractivity contribution in [1.82, 2.24) is 0 Å². The first-order valence-electron chi connectivity index (χ1n) is 3.43. The Labute approximate surface area is 63.8 Å². The maximum atomic E-state index is 9.11. The van der Waals surface area contributed by atoms with Crippen molar-refractivity contribution in [1.29, 1.82) is 0 Å². The molecule has 0 spiro atoms. The van der Waals surface area contributed by atoms with Crippen LogP contribution >= 0.6 is 0 Å². The van der Waals surface area contributed by atoms with Gasteiger partial charge in [0.1, 0.15) is 24.4 Å². The van der Waals surface area contributed by atoms with Crippen molar-refractivity contribution in [2.45, 2.75) is 24.4 Å². The van der Waals surface area contributed by atoms with E-state index in [0.717, 1.165) is 0 Å². The highest BCUT2D eigenvalue weighted by atomic mass is 16.5. The van der Waals surface area contributed by atoms with Crippen LogP contribution in [0.15, 0.2) is 0 Å². The lowest BCUT2D eigenvalue weighted by atomic mass is 10.0. The van der Waals surface area contributed by atoms with Gasteiger partial charge in [-0.05, 0) is 0 Å². The predicted octanol–water partition coefficient (Wildman–Crippen LogP) is -2.54. The summed E-state index contributed by atoms with van der Waals surface area (Å²) in [5, 5.41) is 35.7. The fourth-order valence-electron chi connectivity index (χ4n) is 1.03. The van der Waals surface area contributed by atoms with E-state index >= 15 is 0 Å². The van der Waals surface area contributed by atoms with Gasteiger partial charge in [-0.3, -0.25) is 0 Å². The zero-order chi connectivity index (χ0) is 8.43. The van der Waals surface area contributed by atoms with Gasteiger partial charge in [0.05, 0.1) is 13.2 Å². The summed E-state index contributed by atoms with van der Waals surface area (Å²) in [6.45, 7) is -0.408. The highest BCUT2D eigenvalue weighted by Crippen LogP contribution is 2.14.